The van der Waals surface area contributed by atoms with Gasteiger partial charge in [-0.15, -0.1) is 10.2 Å². The lowest BCUT2D eigenvalue weighted by atomic mass is 10.2. The zero-order valence-corrected chi connectivity index (χ0v) is 20.5. The second kappa shape index (κ2) is 10.9. The van der Waals surface area contributed by atoms with Crippen molar-refractivity contribution >= 4 is 34.5 Å². The molecule has 38 heavy (non-hydrogen) atoms. The monoisotopic (exact) mass is 512 g/mol. The van der Waals surface area contributed by atoms with Crippen LogP contribution in [-0.2, 0) is 16.1 Å². The molecule has 0 fully saturated rings. The summed E-state index contributed by atoms with van der Waals surface area (Å²) in [7, 11) is 1.58. The van der Waals surface area contributed by atoms with Crippen molar-refractivity contribution in [3.63, 3.8) is 0 Å². The van der Waals surface area contributed by atoms with Gasteiger partial charge in [-0.05, 0) is 47.5 Å². The highest BCUT2D eigenvalue weighted by atomic mass is 16.7. The molecule has 1 aromatic heterocycles. The number of carbonyl (C=O) groups excluding carboxylic acids is 2. The van der Waals surface area contributed by atoms with E-state index in [0.29, 0.717) is 29.2 Å². The molecule has 0 atom stereocenters. The number of azo groups is 1. The fourth-order valence-electron chi connectivity index (χ4n) is 4.00. The first kappa shape index (κ1) is 24.6. The molecule has 10 nitrogen and oxygen atoms in total. The maximum Gasteiger partial charge on any atom is 0.283 e. The lowest BCUT2D eigenvalue weighted by molar-refractivity contribution is -0.122. The molecule has 0 saturated heterocycles. The summed E-state index contributed by atoms with van der Waals surface area (Å²) < 4.78 is 17.6. The highest BCUT2D eigenvalue weighted by Gasteiger charge is 2.19. The van der Waals surface area contributed by atoms with Crippen LogP contribution in [-0.4, -0.2) is 41.9 Å². The molecule has 5 rings (SSSR count). The summed E-state index contributed by atoms with van der Waals surface area (Å²) in [5.41, 5.74) is 2.58. The van der Waals surface area contributed by atoms with E-state index in [-0.39, 0.29) is 24.9 Å². The number of benzene rings is 3. The predicted octanol–water partition coefficient (Wildman–Crippen LogP) is 4.57. The molecule has 10 heteroatoms. The van der Waals surface area contributed by atoms with Gasteiger partial charge in [0.05, 0.1) is 19.2 Å². The van der Waals surface area contributed by atoms with Crippen LogP contribution in [0.4, 0.5) is 5.69 Å². The third-order valence-corrected chi connectivity index (χ3v) is 5.91. The minimum atomic E-state index is -0.664. The van der Waals surface area contributed by atoms with Crippen LogP contribution in [0, 0.1) is 0 Å². The molecule has 0 aliphatic carbocycles. The topological polar surface area (TPSA) is 124 Å². The molecular weight excluding hydrogens is 488 g/mol. The number of nitrogens with one attached hydrogen (secondary N) is 1. The fourth-order valence-corrected chi connectivity index (χ4v) is 4.00. The number of hydrogen-bond donors (Lipinski definition) is 2. The van der Waals surface area contributed by atoms with Gasteiger partial charge in [-0.3, -0.25) is 9.59 Å². The normalized spacial score (nSPS) is 12.4. The van der Waals surface area contributed by atoms with Gasteiger partial charge in [0.2, 0.25) is 18.6 Å². The predicted molar refractivity (Wildman–Crippen MR) is 140 cm³/mol. The average molecular weight is 513 g/mol. The van der Waals surface area contributed by atoms with Crippen molar-refractivity contribution in [1.29, 1.82) is 0 Å². The molecule has 0 saturated carbocycles. The largest absolute Gasteiger partial charge is 0.497 e. The van der Waals surface area contributed by atoms with Gasteiger partial charge in [0.25, 0.3) is 5.91 Å². The summed E-state index contributed by atoms with van der Waals surface area (Å²) in [5.74, 6) is 0.781. The molecule has 2 heterocycles. The van der Waals surface area contributed by atoms with Crippen LogP contribution in [0.5, 0.6) is 23.1 Å². The minimum absolute atomic E-state index is 0.133. The minimum Gasteiger partial charge on any atom is -0.497 e. The van der Waals surface area contributed by atoms with Gasteiger partial charge in [0, 0.05) is 11.5 Å². The van der Waals surface area contributed by atoms with Crippen molar-refractivity contribution in [2.75, 3.05) is 20.4 Å². The Balaban J connectivity index is 1.26. The molecule has 0 radical (unpaired) electrons. The molecule has 192 valence electrons. The SMILES string of the molecule is COc1ccc(C=CC(=O)NCC(=O)N=Nc2c(O)n(Cc3ccc4c(c3)OCO4)c3ccccc23)cc1. The molecule has 4 aromatic rings. The Morgan fingerprint density at radius 3 is 2.68 bits per heavy atom. The Morgan fingerprint density at radius 1 is 1.08 bits per heavy atom. The molecule has 1 aliphatic heterocycles. The third-order valence-electron chi connectivity index (χ3n) is 5.91. The van der Waals surface area contributed by atoms with Crippen LogP contribution < -0.4 is 19.5 Å². The van der Waals surface area contributed by atoms with E-state index in [0.717, 1.165) is 16.6 Å². The lowest BCUT2D eigenvalue weighted by Gasteiger charge is -2.08. The van der Waals surface area contributed by atoms with E-state index in [1.165, 1.54) is 6.08 Å². The Labute approximate surface area is 217 Å². The maximum absolute atomic E-state index is 12.3. The van der Waals surface area contributed by atoms with Crippen LogP contribution in [0.2, 0.25) is 0 Å². The summed E-state index contributed by atoms with van der Waals surface area (Å²) in [6.45, 7) is 0.170. The van der Waals surface area contributed by atoms with Gasteiger partial charge in [-0.1, -0.05) is 36.4 Å². The highest BCUT2D eigenvalue weighted by Crippen LogP contribution is 2.40. The zero-order valence-electron chi connectivity index (χ0n) is 20.5. The van der Waals surface area contributed by atoms with Crippen molar-refractivity contribution in [2.24, 2.45) is 10.2 Å². The van der Waals surface area contributed by atoms with Gasteiger partial charge in [0.15, 0.2) is 17.2 Å². The molecule has 1 aliphatic rings. The van der Waals surface area contributed by atoms with Crippen molar-refractivity contribution in [2.45, 2.75) is 6.54 Å². The molecule has 2 N–H and O–H groups in total. The van der Waals surface area contributed by atoms with Crippen LogP contribution >= 0.6 is 0 Å². The summed E-state index contributed by atoms with van der Waals surface area (Å²) in [6, 6.07) is 20.0. The summed E-state index contributed by atoms with van der Waals surface area (Å²) in [4.78, 5) is 24.4. The van der Waals surface area contributed by atoms with Gasteiger partial charge < -0.3 is 29.2 Å². The van der Waals surface area contributed by atoms with Crippen molar-refractivity contribution in [1.82, 2.24) is 9.88 Å². The van der Waals surface area contributed by atoms with E-state index in [2.05, 4.69) is 15.5 Å². The molecule has 0 spiro atoms. The number of hydrogen-bond acceptors (Lipinski definition) is 7. The van der Waals surface area contributed by atoms with E-state index >= 15 is 0 Å². The number of methoxy groups -OCH3 is 1. The summed E-state index contributed by atoms with van der Waals surface area (Å²) >= 11 is 0. The Hall–Kier alpha value is -5.12. The standard InChI is InChI=1S/C28H24N4O6/c1-36-20-10-6-18(7-11-20)9-13-25(33)29-15-26(34)30-31-27-21-4-2-3-5-22(21)32(28(27)35)16-19-8-12-23-24(14-19)38-17-37-23/h2-14,35H,15-17H2,1H3,(H,29,33). The Kier molecular flexibility index (Phi) is 7.03. The van der Waals surface area contributed by atoms with Crippen LogP contribution in [0.3, 0.4) is 0 Å². The van der Waals surface area contributed by atoms with Crippen molar-refractivity contribution in [3.8, 4) is 23.1 Å². The van der Waals surface area contributed by atoms with Gasteiger partial charge in [-0.2, -0.15) is 0 Å². The average Bonchev–Trinajstić information content (AvgIpc) is 3.52. The summed E-state index contributed by atoms with van der Waals surface area (Å²) in [5, 5.41) is 21.8. The van der Waals surface area contributed by atoms with Gasteiger partial charge in [-0.25, -0.2) is 0 Å². The molecular formula is C28H24N4O6. The van der Waals surface area contributed by atoms with Crippen molar-refractivity contribution in [3.05, 3.63) is 83.9 Å². The Morgan fingerprint density at radius 2 is 1.87 bits per heavy atom. The van der Waals surface area contributed by atoms with Crippen LogP contribution in [0.15, 0.2) is 83.0 Å². The molecule has 0 bridgehead atoms. The van der Waals surface area contributed by atoms with E-state index < -0.39 is 11.8 Å². The maximum atomic E-state index is 12.3. The van der Waals surface area contributed by atoms with Gasteiger partial charge in [0.1, 0.15) is 12.3 Å². The van der Waals surface area contributed by atoms with E-state index in [4.69, 9.17) is 14.2 Å². The molecule has 3 aromatic carbocycles. The fraction of sp³-hybridized carbons (Fsp3) is 0.143. The first-order chi connectivity index (χ1) is 18.5. The summed E-state index contributed by atoms with van der Waals surface area (Å²) in [6.07, 6.45) is 2.94. The van der Waals surface area contributed by atoms with E-state index in [1.54, 1.807) is 48.1 Å². The number of aromatic hydroxyl groups is 1. The second-order valence-electron chi connectivity index (χ2n) is 8.38. The molecule has 0 unspecified atom stereocenters. The number of para-hydroxylation sites is 1. The number of aromatic nitrogens is 1. The third kappa shape index (κ3) is 5.34. The number of nitrogens with zero attached hydrogens (tertiary/aromatic N) is 3. The highest BCUT2D eigenvalue weighted by molar-refractivity contribution is 5.96. The van der Waals surface area contributed by atoms with E-state index in [9.17, 15) is 14.7 Å². The number of rotatable bonds is 8. The second-order valence-corrected chi connectivity index (χ2v) is 8.38. The number of amides is 2. The molecule has 2 amide bonds. The lowest BCUT2D eigenvalue weighted by Crippen LogP contribution is -2.26. The first-order valence-corrected chi connectivity index (χ1v) is 11.7. The Bertz CT molecular complexity index is 1560. The van der Waals surface area contributed by atoms with Gasteiger partial charge >= 0.3 is 0 Å². The smallest absolute Gasteiger partial charge is 0.283 e. The zero-order chi connectivity index (χ0) is 26.5. The van der Waals surface area contributed by atoms with Crippen LogP contribution in [0.1, 0.15) is 11.1 Å². The van der Waals surface area contributed by atoms with Crippen LogP contribution in [0.25, 0.3) is 17.0 Å². The first-order valence-electron chi connectivity index (χ1n) is 11.7. The number of fused-ring (bicyclic) bond motifs is 2. The number of carbonyl (C=O) groups is 2. The number of ether oxygens (including phenoxy) is 3. The quantitative estimate of drug-likeness (QED) is 0.263. The van der Waals surface area contributed by atoms with Crippen molar-refractivity contribution < 1.29 is 28.9 Å². The van der Waals surface area contributed by atoms with E-state index in [1.807, 2.05) is 36.4 Å².